The molecular formula is C15H18N2O4. The third-order valence-electron chi connectivity index (χ3n) is 3.59. The molecule has 1 aromatic carbocycles. The second-order valence-corrected chi connectivity index (χ2v) is 5.17. The molecule has 6 heteroatoms. The van der Waals surface area contributed by atoms with Crippen LogP contribution in [0.4, 0.5) is 0 Å². The summed E-state index contributed by atoms with van der Waals surface area (Å²) in [7, 11) is 0. The summed E-state index contributed by atoms with van der Waals surface area (Å²) in [4.78, 5) is 15.7. The van der Waals surface area contributed by atoms with Gasteiger partial charge in [0.15, 0.2) is 0 Å². The first-order valence-corrected chi connectivity index (χ1v) is 7.15. The van der Waals surface area contributed by atoms with Crippen LogP contribution in [0.5, 0.6) is 5.75 Å². The van der Waals surface area contributed by atoms with Gasteiger partial charge in [0.25, 0.3) is 0 Å². The number of carboxylic acids is 1. The molecule has 112 valence electrons. The number of benzene rings is 1. The summed E-state index contributed by atoms with van der Waals surface area (Å²) in [5, 5.41) is 9.25. The Hall–Kier alpha value is -2.08. The molecule has 1 unspecified atom stereocenters. The van der Waals surface area contributed by atoms with Gasteiger partial charge in [-0.3, -0.25) is 0 Å². The van der Waals surface area contributed by atoms with Crippen LogP contribution >= 0.6 is 0 Å². The molecule has 3 rings (SSSR count). The van der Waals surface area contributed by atoms with Crippen LogP contribution in [-0.2, 0) is 11.3 Å². The fraction of sp³-hybridized carbons (Fsp3) is 0.467. The first-order valence-electron chi connectivity index (χ1n) is 7.15. The molecule has 0 amide bonds. The van der Waals surface area contributed by atoms with Crippen LogP contribution in [0.25, 0.3) is 11.0 Å². The fourth-order valence-electron chi connectivity index (χ4n) is 2.37. The maximum absolute atomic E-state index is 11.3. The van der Waals surface area contributed by atoms with Crippen molar-refractivity contribution in [3.63, 3.8) is 0 Å². The van der Waals surface area contributed by atoms with Crippen molar-refractivity contribution in [2.24, 2.45) is 0 Å². The first-order chi connectivity index (χ1) is 10.2. The summed E-state index contributed by atoms with van der Waals surface area (Å²) in [5.74, 6) is -0.439. The highest BCUT2D eigenvalue weighted by atomic mass is 16.5. The molecule has 2 heterocycles. The zero-order chi connectivity index (χ0) is 14.8. The van der Waals surface area contributed by atoms with E-state index in [0.717, 1.165) is 25.0 Å². The third kappa shape index (κ3) is 2.71. The van der Waals surface area contributed by atoms with Crippen molar-refractivity contribution in [2.75, 3.05) is 13.2 Å². The van der Waals surface area contributed by atoms with Crippen LogP contribution in [0.1, 0.15) is 30.1 Å². The van der Waals surface area contributed by atoms with Crippen LogP contribution in [0.3, 0.4) is 0 Å². The van der Waals surface area contributed by atoms with E-state index in [0.29, 0.717) is 24.4 Å². The van der Waals surface area contributed by atoms with Crippen molar-refractivity contribution >= 4 is 17.0 Å². The maximum atomic E-state index is 11.3. The highest BCUT2D eigenvalue weighted by molar-refractivity contribution is 5.95. The van der Waals surface area contributed by atoms with Crippen LogP contribution < -0.4 is 4.74 Å². The molecule has 0 spiro atoms. The minimum atomic E-state index is -0.967. The number of aromatic nitrogens is 2. The molecule has 1 aliphatic heterocycles. The van der Waals surface area contributed by atoms with Crippen molar-refractivity contribution < 1.29 is 19.4 Å². The van der Waals surface area contributed by atoms with Gasteiger partial charge in [0.05, 0.1) is 36.7 Å². The minimum absolute atomic E-state index is 0.191. The van der Waals surface area contributed by atoms with E-state index in [2.05, 4.69) is 4.98 Å². The number of aromatic carboxylic acids is 1. The number of imidazole rings is 1. The van der Waals surface area contributed by atoms with Crippen molar-refractivity contribution in [1.82, 2.24) is 9.55 Å². The van der Waals surface area contributed by atoms with E-state index in [1.807, 2.05) is 11.5 Å². The van der Waals surface area contributed by atoms with Crippen LogP contribution in [0.15, 0.2) is 18.5 Å². The van der Waals surface area contributed by atoms with E-state index in [4.69, 9.17) is 9.47 Å². The number of hydrogen-bond acceptors (Lipinski definition) is 4. The van der Waals surface area contributed by atoms with E-state index in [-0.39, 0.29) is 11.7 Å². The minimum Gasteiger partial charge on any atom is -0.491 e. The highest BCUT2D eigenvalue weighted by Gasteiger charge is 2.21. The maximum Gasteiger partial charge on any atom is 0.335 e. The van der Waals surface area contributed by atoms with Gasteiger partial charge < -0.3 is 19.1 Å². The quantitative estimate of drug-likeness (QED) is 0.883. The summed E-state index contributed by atoms with van der Waals surface area (Å²) in [6, 6.07) is 3.18. The Balaban J connectivity index is 2.01. The number of nitrogens with zero attached hydrogens (tertiary/aromatic N) is 2. The third-order valence-corrected chi connectivity index (χ3v) is 3.59. The predicted molar refractivity (Wildman–Crippen MR) is 76.8 cm³/mol. The molecule has 2 aromatic rings. The monoisotopic (exact) mass is 290 g/mol. The number of carboxylic acid groups (broad SMARTS) is 1. The topological polar surface area (TPSA) is 73.6 Å². The van der Waals surface area contributed by atoms with Crippen molar-refractivity contribution in [1.29, 1.82) is 0 Å². The predicted octanol–water partition coefficient (Wildman–Crippen LogP) is 2.31. The Morgan fingerprint density at radius 2 is 2.38 bits per heavy atom. The van der Waals surface area contributed by atoms with E-state index < -0.39 is 5.97 Å². The van der Waals surface area contributed by atoms with Gasteiger partial charge in [0.2, 0.25) is 0 Å². The smallest absolute Gasteiger partial charge is 0.335 e. The lowest BCUT2D eigenvalue weighted by molar-refractivity contribution is -0.0586. The summed E-state index contributed by atoms with van der Waals surface area (Å²) in [6.07, 6.45) is 3.79. The summed E-state index contributed by atoms with van der Waals surface area (Å²) >= 11 is 0. The Morgan fingerprint density at radius 3 is 3.00 bits per heavy atom. The van der Waals surface area contributed by atoms with E-state index in [1.165, 1.54) is 6.07 Å². The lowest BCUT2D eigenvalue weighted by Gasteiger charge is -2.26. The van der Waals surface area contributed by atoms with Gasteiger partial charge in [-0.15, -0.1) is 0 Å². The van der Waals surface area contributed by atoms with Gasteiger partial charge >= 0.3 is 5.97 Å². The number of rotatable bonds is 6. The lowest BCUT2D eigenvalue weighted by atomic mass is 10.1. The molecule has 1 atom stereocenters. The Kier molecular flexibility index (Phi) is 3.79. The van der Waals surface area contributed by atoms with Gasteiger partial charge in [0.1, 0.15) is 11.3 Å². The molecule has 0 saturated carbocycles. The summed E-state index contributed by atoms with van der Waals surface area (Å²) < 4.78 is 13.0. The average molecular weight is 290 g/mol. The van der Waals surface area contributed by atoms with Crippen LogP contribution in [-0.4, -0.2) is 39.9 Å². The SMILES string of the molecule is CCCOc1cc(C(=O)O)cc2c1ncn2CC1CCO1. The Labute approximate surface area is 122 Å². The molecule has 0 aliphatic carbocycles. The van der Waals surface area contributed by atoms with Gasteiger partial charge in [0, 0.05) is 6.61 Å². The summed E-state index contributed by atoms with van der Waals surface area (Å²) in [6.45, 7) is 4.02. The first kappa shape index (κ1) is 13.9. The van der Waals surface area contributed by atoms with E-state index in [1.54, 1.807) is 12.4 Å². The number of carbonyl (C=O) groups is 1. The van der Waals surface area contributed by atoms with E-state index >= 15 is 0 Å². The molecule has 1 aromatic heterocycles. The molecule has 1 saturated heterocycles. The Morgan fingerprint density at radius 1 is 1.57 bits per heavy atom. The molecule has 21 heavy (non-hydrogen) atoms. The van der Waals surface area contributed by atoms with Crippen molar-refractivity contribution in [2.45, 2.75) is 32.4 Å². The average Bonchev–Trinajstić information content (AvgIpc) is 2.83. The second kappa shape index (κ2) is 5.73. The van der Waals surface area contributed by atoms with E-state index in [9.17, 15) is 9.90 Å². The van der Waals surface area contributed by atoms with Gasteiger partial charge in [-0.1, -0.05) is 6.92 Å². The molecular weight excluding hydrogens is 272 g/mol. The lowest BCUT2D eigenvalue weighted by Crippen LogP contribution is -2.30. The molecule has 6 nitrogen and oxygen atoms in total. The molecule has 0 bridgehead atoms. The Bertz CT molecular complexity index is 661. The molecule has 1 aliphatic rings. The fourth-order valence-corrected chi connectivity index (χ4v) is 2.37. The zero-order valence-electron chi connectivity index (χ0n) is 11.9. The normalized spacial score (nSPS) is 17.7. The number of hydrogen-bond donors (Lipinski definition) is 1. The van der Waals surface area contributed by atoms with Crippen molar-refractivity contribution in [3.8, 4) is 5.75 Å². The van der Waals surface area contributed by atoms with Crippen LogP contribution in [0.2, 0.25) is 0 Å². The summed E-state index contributed by atoms with van der Waals surface area (Å²) in [5.41, 5.74) is 1.69. The van der Waals surface area contributed by atoms with Gasteiger partial charge in [-0.25, -0.2) is 9.78 Å². The second-order valence-electron chi connectivity index (χ2n) is 5.17. The van der Waals surface area contributed by atoms with Gasteiger partial charge in [-0.2, -0.15) is 0 Å². The molecule has 0 radical (unpaired) electrons. The zero-order valence-corrected chi connectivity index (χ0v) is 11.9. The molecule has 1 fully saturated rings. The number of fused-ring (bicyclic) bond motifs is 1. The van der Waals surface area contributed by atoms with Crippen LogP contribution in [0, 0.1) is 0 Å². The highest BCUT2D eigenvalue weighted by Crippen LogP contribution is 2.28. The number of ether oxygens (including phenoxy) is 2. The molecule has 1 N–H and O–H groups in total. The largest absolute Gasteiger partial charge is 0.491 e. The standard InChI is InChI=1S/C15H18N2O4/c1-2-4-21-13-7-10(15(18)19)6-12-14(13)16-9-17(12)8-11-3-5-20-11/h6-7,9,11H,2-5,8H2,1H3,(H,18,19). The van der Waals surface area contributed by atoms with Gasteiger partial charge in [-0.05, 0) is 25.0 Å². The van der Waals surface area contributed by atoms with Crippen molar-refractivity contribution in [3.05, 3.63) is 24.0 Å².